The molecule has 0 aliphatic rings. The third kappa shape index (κ3) is 10.0. The summed E-state index contributed by atoms with van der Waals surface area (Å²) in [6, 6.07) is -4.51. The van der Waals surface area contributed by atoms with Gasteiger partial charge in [-0.15, -0.1) is 0 Å². The number of nitrogens with two attached hydrogens (primary N) is 3. The molecule has 0 spiro atoms. The van der Waals surface area contributed by atoms with Gasteiger partial charge in [0.1, 0.15) is 18.1 Å². The van der Waals surface area contributed by atoms with Gasteiger partial charge in [-0.2, -0.15) is 0 Å². The number of guanidine groups is 1. The minimum atomic E-state index is -1.31. The van der Waals surface area contributed by atoms with Gasteiger partial charge in [-0.25, -0.2) is 4.79 Å². The van der Waals surface area contributed by atoms with Gasteiger partial charge in [-0.05, 0) is 25.7 Å². The second kappa shape index (κ2) is 13.3. The Hall–Kier alpha value is -2.93. The molecule has 11 N–H and O–H groups in total. The quantitative estimate of drug-likeness (QED) is 0.0821. The number of hydrogen-bond donors (Lipinski definition) is 8. The fourth-order valence-corrected chi connectivity index (χ4v) is 2.20. The lowest BCUT2D eigenvalue weighted by Gasteiger charge is -2.23. The van der Waals surface area contributed by atoms with Crippen LogP contribution in [0.1, 0.15) is 33.6 Å². The van der Waals surface area contributed by atoms with E-state index in [1.54, 1.807) is 13.8 Å². The van der Waals surface area contributed by atoms with E-state index < -0.39 is 54.5 Å². The molecule has 0 aliphatic heterocycles. The van der Waals surface area contributed by atoms with Crippen LogP contribution >= 0.6 is 0 Å². The lowest BCUT2D eigenvalue weighted by molar-refractivity contribution is -0.142. The van der Waals surface area contributed by atoms with Crippen molar-refractivity contribution in [2.45, 2.75) is 57.8 Å². The summed E-state index contributed by atoms with van der Waals surface area (Å²) in [6.45, 7) is 4.27. The van der Waals surface area contributed by atoms with E-state index in [4.69, 9.17) is 17.2 Å². The first kappa shape index (κ1) is 27.1. The first-order valence-corrected chi connectivity index (χ1v) is 9.46. The minimum Gasteiger partial charge on any atom is -0.480 e. The van der Waals surface area contributed by atoms with Crippen LogP contribution in [0.2, 0.25) is 0 Å². The molecule has 0 aliphatic carbocycles. The summed E-state index contributed by atoms with van der Waals surface area (Å²) >= 11 is 0. The molecule has 0 aromatic carbocycles. The molecular weight excluding hydrogens is 398 g/mol. The smallest absolute Gasteiger partial charge is 0.326 e. The molecule has 30 heavy (non-hydrogen) atoms. The van der Waals surface area contributed by atoms with Crippen molar-refractivity contribution >= 4 is 29.7 Å². The second-order valence-corrected chi connectivity index (χ2v) is 7.09. The Morgan fingerprint density at radius 3 is 1.97 bits per heavy atom. The molecule has 172 valence electrons. The average Bonchev–Trinajstić information content (AvgIpc) is 2.66. The Morgan fingerprint density at radius 2 is 1.50 bits per heavy atom. The molecule has 3 amide bonds. The molecule has 4 atom stereocenters. The summed E-state index contributed by atoms with van der Waals surface area (Å²) in [5.74, 6) is -3.75. The molecule has 0 heterocycles. The third-order valence-corrected chi connectivity index (χ3v) is 4.15. The summed E-state index contributed by atoms with van der Waals surface area (Å²) in [6.07, 6.45) is 0.381. The zero-order valence-electron chi connectivity index (χ0n) is 17.4. The lowest BCUT2D eigenvalue weighted by Crippen LogP contribution is -2.57. The van der Waals surface area contributed by atoms with Gasteiger partial charge in [0.25, 0.3) is 0 Å². The van der Waals surface area contributed by atoms with Crippen LogP contribution in [0.4, 0.5) is 0 Å². The van der Waals surface area contributed by atoms with Crippen molar-refractivity contribution in [1.29, 1.82) is 0 Å². The van der Waals surface area contributed by atoms with Gasteiger partial charge >= 0.3 is 5.97 Å². The van der Waals surface area contributed by atoms with Gasteiger partial charge in [0.2, 0.25) is 17.7 Å². The number of rotatable bonds is 13. The van der Waals surface area contributed by atoms with Crippen molar-refractivity contribution in [3.05, 3.63) is 0 Å². The number of carbonyl (C=O) groups is 4. The number of hydrogen-bond acceptors (Lipinski definition) is 7. The fourth-order valence-electron chi connectivity index (χ4n) is 2.20. The molecule has 0 bridgehead atoms. The molecule has 13 heteroatoms. The predicted octanol–water partition coefficient (Wildman–Crippen LogP) is -3.43. The van der Waals surface area contributed by atoms with E-state index in [0.717, 1.165) is 0 Å². The molecule has 0 saturated heterocycles. The molecule has 4 unspecified atom stereocenters. The minimum absolute atomic E-state index is 0.0704. The third-order valence-electron chi connectivity index (χ3n) is 4.15. The van der Waals surface area contributed by atoms with E-state index in [-0.39, 0.29) is 24.8 Å². The number of aliphatic imine (C=N–C) groups is 1. The van der Waals surface area contributed by atoms with E-state index in [0.29, 0.717) is 6.42 Å². The Kier molecular flexibility index (Phi) is 12.0. The summed E-state index contributed by atoms with van der Waals surface area (Å²) in [5.41, 5.74) is 16.1. The topological polar surface area (TPSA) is 235 Å². The van der Waals surface area contributed by atoms with Gasteiger partial charge < -0.3 is 43.4 Å². The Bertz CT molecular complexity index is 636. The van der Waals surface area contributed by atoms with Crippen molar-refractivity contribution in [2.24, 2.45) is 28.1 Å². The van der Waals surface area contributed by atoms with E-state index in [2.05, 4.69) is 20.9 Å². The number of nitrogens with zero attached hydrogens (tertiary/aromatic N) is 1. The number of aliphatic carboxylic acids is 1. The van der Waals surface area contributed by atoms with Crippen LogP contribution < -0.4 is 33.2 Å². The van der Waals surface area contributed by atoms with Crippen LogP contribution in [0.3, 0.4) is 0 Å². The maximum atomic E-state index is 12.3. The summed E-state index contributed by atoms with van der Waals surface area (Å²) < 4.78 is 0. The number of carboxylic acids is 1. The van der Waals surface area contributed by atoms with Crippen LogP contribution in [0.15, 0.2) is 4.99 Å². The predicted molar refractivity (Wildman–Crippen MR) is 109 cm³/mol. The lowest BCUT2D eigenvalue weighted by atomic mass is 10.0. The number of carboxylic acid groups (broad SMARTS) is 1. The number of carbonyl (C=O) groups excluding carboxylic acids is 3. The van der Waals surface area contributed by atoms with Gasteiger partial charge in [0, 0.05) is 6.54 Å². The SMILES string of the molecule is CC(NC(=O)C(CO)NC(=O)C(N)C(C)C)C(=O)NC(CCCN=C(N)N)C(=O)O. The highest BCUT2D eigenvalue weighted by atomic mass is 16.4. The highest BCUT2D eigenvalue weighted by molar-refractivity contribution is 5.94. The molecular formula is C17H33N7O6. The van der Waals surface area contributed by atoms with E-state index in [1.807, 2.05) is 0 Å². The van der Waals surface area contributed by atoms with Crippen LogP contribution in [-0.4, -0.2) is 77.2 Å². The number of aliphatic hydroxyl groups excluding tert-OH is 1. The Balaban J connectivity index is 4.79. The van der Waals surface area contributed by atoms with Crippen molar-refractivity contribution in [3.8, 4) is 0 Å². The van der Waals surface area contributed by atoms with Crippen LogP contribution in [0, 0.1) is 5.92 Å². The van der Waals surface area contributed by atoms with Gasteiger partial charge in [-0.1, -0.05) is 13.8 Å². The van der Waals surface area contributed by atoms with Crippen LogP contribution in [0.5, 0.6) is 0 Å². The van der Waals surface area contributed by atoms with Gasteiger partial charge in [0.05, 0.1) is 12.6 Å². The Labute approximate surface area is 174 Å². The van der Waals surface area contributed by atoms with Crippen molar-refractivity contribution in [2.75, 3.05) is 13.2 Å². The molecule has 0 aromatic heterocycles. The molecule has 0 radical (unpaired) electrons. The molecule has 0 rings (SSSR count). The monoisotopic (exact) mass is 431 g/mol. The van der Waals surface area contributed by atoms with Crippen molar-refractivity contribution in [3.63, 3.8) is 0 Å². The molecule has 0 fully saturated rings. The Morgan fingerprint density at radius 1 is 0.933 bits per heavy atom. The zero-order valence-corrected chi connectivity index (χ0v) is 17.4. The van der Waals surface area contributed by atoms with Gasteiger partial charge in [-0.3, -0.25) is 19.4 Å². The van der Waals surface area contributed by atoms with Crippen LogP contribution in [0.25, 0.3) is 0 Å². The molecule has 0 aromatic rings. The summed E-state index contributed by atoms with van der Waals surface area (Å²) in [4.78, 5) is 51.5. The average molecular weight is 431 g/mol. The normalized spacial score (nSPS) is 14.7. The van der Waals surface area contributed by atoms with Crippen molar-refractivity contribution in [1.82, 2.24) is 16.0 Å². The molecule has 0 saturated carbocycles. The van der Waals surface area contributed by atoms with E-state index >= 15 is 0 Å². The summed E-state index contributed by atoms with van der Waals surface area (Å²) in [5, 5.41) is 25.5. The van der Waals surface area contributed by atoms with Gasteiger partial charge in [0.15, 0.2) is 5.96 Å². The molecule has 13 nitrogen and oxygen atoms in total. The number of nitrogens with one attached hydrogen (secondary N) is 3. The standard InChI is InChI=1S/C17H33N7O6/c1-8(2)12(18)15(28)24-11(7-25)14(27)22-9(3)13(26)23-10(16(29)30)5-4-6-21-17(19)20/h8-12,25H,4-7,18H2,1-3H3,(H,22,27)(H,23,26)(H,24,28)(H,29,30)(H4,19,20,21). The highest BCUT2D eigenvalue weighted by Crippen LogP contribution is 2.01. The fraction of sp³-hybridized carbons (Fsp3) is 0.706. The maximum absolute atomic E-state index is 12.3. The first-order chi connectivity index (χ1) is 13.9. The zero-order chi connectivity index (χ0) is 23.4. The van der Waals surface area contributed by atoms with E-state index in [9.17, 15) is 29.4 Å². The number of amides is 3. The largest absolute Gasteiger partial charge is 0.480 e. The summed E-state index contributed by atoms with van der Waals surface area (Å²) in [7, 11) is 0. The van der Waals surface area contributed by atoms with E-state index in [1.165, 1.54) is 6.92 Å². The van der Waals surface area contributed by atoms with Crippen LogP contribution in [-0.2, 0) is 19.2 Å². The van der Waals surface area contributed by atoms with Crippen molar-refractivity contribution < 1.29 is 29.4 Å². The second-order valence-electron chi connectivity index (χ2n) is 7.09. The highest BCUT2D eigenvalue weighted by Gasteiger charge is 2.28. The first-order valence-electron chi connectivity index (χ1n) is 9.46. The number of aliphatic hydroxyl groups is 1. The maximum Gasteiger partial charge on any atom is 0.326 e.